The Bertz CT molecular complexity index is 1140. The fraction of sp³-hybridized carbons (Fsp3) is 0.393. The molecule has 3 aromatic rings. The summed E-state index contributed by atoms with van der Waals surface area (Å²) < 4.78 is 11.5. The second kappa shape index (κ2) is 11.0. The van der Waals surface area contributed by atoms with Gasteiger partial charge in [0.2, 0.25) is 5.88 Å². The van der Waals surface area contributed by atoms with E-state index in [0.29, 0.717) is 19.0 Å². The highest BCUT2D eigenvalue weighted by Gasteiger charge is 2.29. The molecular formula is C28H32N4O3. The van der Waals surface area contributed by atoms with Gasteiger partial charge in [0, 0.05) is 56.6 Å². The summed E-state index contributed by atoms with van der Waals surface area (Å²) in [6.45, 7) is 7.52. The maximum atomic E-state index is 13.5. The molecule has 0 spiro atoms. The third kappa shape index (κ3) is 5.69. The van der Waals surface area contributed by atoms with Crippen LogP contribution in [0.1, 0.15) is 45.9 Å². The number of likely N-dealkylation sites (tertiary alicyclic amines) is 1. The fourth-order valence-corrected chi connectivity index (χ4v) is 4.81. The van der Waals surface area contributed by atoms with Crippen molar-refractivity contribution in [3.8, 4) is 11.6 Å². The summed E-state index contributed by atoms with van der Waals surface area (Å²) in [6.07, 6.45) is 5.05. The summed E-state index contributed by atoms with van der Waals surface area (Å²) in [4.78, 5) is 26.9. The Balaban J connectivity index is 1.24. The molecule has 7 nitrogen and oxygen atoms in total. The highest BCUT2D eigenvalue weighted by atomic mass is 16.5. The van der Waals surface area contributed by atoms with E-state index in [-0.39, 0.29) is 11.8 Å². The number of benzene rings is 2. The molecule has 1 amide bonds. The predicted octanol–water partition coefficient (Wildman–Crippen LogP) is 4.43. The van der Waals surface area contributed by atoms with Gasteiger partial charge in [-0.2, -0.15) is 0 Å². The zero-order valence-corrected chi connectivity index (χ0v) is 20.2. The van der Waals surface area contributed by atoms with Crippen molar-refractivity contribution in [1.82, 2.24) is 19.8 Å². The number of aryl methyl sites for hydroxylation is 1. The van der Waals surface area contributed by atoms with E-state index in [1.807, 2.05) is 54.3 Å². The molecule has 0 N–H and O–H groups in total. The van der Waals surface area contributed by atoms with Gasteiger partial charge in [0.1, 0.15) is 11.4 Å². The second-order valence-electron chi connectivity index (χ2n) is 9.27. The van der Waals surface area contributed by atoms with E-state index in [1.165, 1.54) is 5.56 Å². The van der Waals surface area contributed by atoms with E-state index in [4.69, 9.17) is 9.47 Å². The topological polar surface area (TPSA) is 67.8 Å². The van der Waals surface area contributed by atoms with Gasteiger partial charge >= 0.3 is 0 Å². The van der Waals surface area contributed by atoms with E-state index in [1.54, 1.807) is 12.4 Å². The molecule has 7 heteroatoms. The Morgan fingerprint density at radius 1 is 0.971 bits per heavy atom. The van der Waals surface area contributed by atoms with Gasteiger partial charge in [-0.3, -0.25) is 14.7 Å². The van der Waals surface area contributed by atoms with Gasteiger partial charge in [0.25, 0.3) is 5.91 Å². The lowest BCUT2D eigenvalue weighted by Crippen LogP contribution is -2.39. The van der Waals surface area contributed by atoms with Gasteiger partial charge in [-0.05, 0) is 43.5 Å². The van der Waals surface area contributed by atoms with Crippen LogP contribution in [-0.4, -0.2) is 65.1 Å². The summed E-state index contributed by atoms with van der Waals surface area (Å²) >= 11 is 0. The zero-order valence-electron chi connectivity index (χ0n) is 20.2. The summed E-state index contributed by atoms with van der Waals surface area (Å²) in [7, 11) is 0. The fourth-order valence-electron chi connectivity index (χ4n) is 4.81. The maximum absolute atomic E-state index is 13.5. The Morgan fingerprint density at radius 2 is 1.69 bits per heavy atom. The first-order chi connectivity index (χ1) is 17.2. The average molecular weight is 473 g/mol. The lowest BCUT2D eigenvalue weighted by molar-refractivity contribution is 0.0339. The van der Waals surface area contributed by atoms with Crippen LogP contribution in [0.2, 0.25) is 0 Å². The molecule has 0 atom stereocenters. The molecule has 2 aromatic carbocycles. The molecule has 35 heavy (non-hydrogen) atoms. The molecule has 0 aliphatic carbocycles. The number of hydrogen-bond acceptors (Lipinski definition) is 6. The molecule has 2 saturated heterocycles. The zero-order chi connectivity index (χ0) is 24.0. The Labute approximate surface area is 206 Å². The Morgan fingerprint density at radius 3 is 2.46 bits per heavy atom. The second-order valence-corrected chi connectivity index (χ2v) is 9.27. The van der Waals surface area contributed by atoms with Crippen LogP contribution < -0.4 is 4.74 Å². The van der Waals surface area contributed by atoms with E-state index in [9.17, 15) is 4.79 Å². The number of ether oxygens (including phenoxy) is 2. The van der Waals surface area contributed by atoms with Gasteiger partial charge in [-0.15, -0.1) is 0 Å². The minimum absolute atomic E-state index is 0.114. The number of rotatable bonds is 6. The molecule has 0 unspecified atom stereocenters. The molecular weight excluding hydrogens is 440 g/mol. The number of nitrogens with zero attached hydrogens (tertiary/aromatic N) is 4. The van der Waals surface area contributed by atoms with Crippen LogP contribution >= 0.6 is 0 Å². The minimum atomic E-state index is 0.114. The first kappa shape index (κ1) is 23.5. The van der Waals surface area contributed by atoms with Crippen molar-refractivity contribution in [2.24, 2.45) is 0 Å². The first-order valence-corrected chi connectivity index (χ1v) is 12.4. The minimum Gasteiger partial charge on any atom is -0.437 e. The van der Waals surface area contributed by atoms with E-state index < -0.39 is 0 Å². The molecule has 0 radical (unpaired) electrons. The summed E-state index contributed by atoms with van der Waals surface area (Å²) in [5.41, 5.74) is 3.94. The van der Waals surface area contributed by atoms with Gasteiger partial charge in [-0.1, -0.05) is 35.9 Å². The molecule has 2 fully saturated rings. The van der Waals surface area contributed by atoms with E-state index in [0.717, 1.165) is 68.3 Å². The standard InChI is InChI=1S/C28H32N4O3/c1-21-6-8-24(9-7-21)35-27-26(29-12-13-30-27)22-10-14-32(15-11-22)28(33)25-5-3-2-4-23(25)20-31-16-18-34-19-17-31/h2-9,12-13,22H,10-11,14-20H2,1H3. The van der Waals surface area contributed by atoms with E-state index >= 15 is 0 Å². The van der Waals surface area contributed by atoms with Gasteiger partial charge < -0.3 is 14.4 Å². The first-order valence-electron chi connectivity index (χ1n) is 12.4. The largest absolute Gasteiger partial charge is 0.437 e. The lowest BCUT2D eigenvalue weighted by atomic mass is 9.92. The Kier molecular flexibility index (Phi) is 7.35. The SMILES string of the molecule is Cc1ccc(Oc2nccnc2C2CCN(C(=O)c3ccccc3CN3CCOCC3)CC2)cc1. The molecule has 2 aliphatic heterocycles. The molecule has 1 aromatic heterocycles. The highest BCUT2D eigenvalue weighted by Crippen LogP contribution is 2.34. The summed E-state index contributed by atoms with van der Waals surface area (Å²) in [5.74, 6) is 1.62. The molecule has 0 bridgehead atoms. The number of carbonyl (C=O) groups is 1. The van der Waals surface area contributed by atoms with Crippen molar-refractivity contribution < 1.29 is 14.3 Å². The van der Waals surface area contributed by atoms with Gasteiger partial charge in [-0.25, -0.2) is 4.98 Å². The smallest absolute Gasteiger partial charge is 0.254 e. The number of hydrogen-bond donors (Lipinski definition) is 0. The van der Waals surface area contributed by atoms with Crippen LogP contribution in [-0.2, 0) is 11.3 Å². The Hall–Kier alpha value is -3.29. The third-order valence-electron chi connectivity index (χ3n) is 6.84. The van der Waals surface area contributed by atoms with Crippen molar-refractivity contribution in [2.75, 3.05) is 39.4 Å². The van der Waals surface area contributed by atoms with Gasteiger partial charge in [0.15, 0.2) is 0 Å². The van der Waals surface area contributed by atoms with Crippen LogP contribution in [0.25, 0.3) is 0 Å². The van der Waals surface area contributed by atoms with Gasteiger partial charge in [0.05, 0.1) is 13.2 Å². The van der Waals surface area contributed by atoms with Crippen molar-refractivity contribution >= 4 is 5.91 Å². The summed E-state index contributed by atoms with van der Waals surface area (Å²) in [5, 5.41) is 0. The molecule has 2 aliphatic rings. The quantitative estimate of drug-likeness (QED) is 0.529. The van der Waals surface area contributed by atoms with Crippen LogP contribution in [0.4, 0.5) is 0 Å². The number of morpholine rings is 1. The predicted molar refractivity (Wildman–Crippen MR) is 134 cm³/mol. The number of aromatic nitrogens is 2. The number of carbonyl (C=O) groups excluding carboxylic acids is 1. The monoisotopic (exact) mass is 472 g/mol. The third-order valence-corrected chi connectivity index (χ3v) is 6.84. The average Bonchev–Trinajstić information content (AvgIpc) is 2.91. The van der Waals surface area contributed by atoms with Crippen molar-refractivity contribution in [3.05, 3.63) is 83.3 Å². The van der Waals surface area contributed by atoms with Crippen LogP contribution in [0, 0.1) is 6.92 Å². The number of amides is 1. The molecule has 182 valence electrons. The normalized spacial score (nSPS) is 17.3. The maximum Gasteiger partial charge on any atom is 0.254 e. The molecule has 0 saturated carbocycles. The van der Waals surface area contributed by atoms with Crippen LogP contribution in [0.3, 0.4) is 0 Å². The lowest BCUT2D eigenvalue weighted by Gasteiger charge is -2.33. The van der Waals surface area contributed by atoms with Crippen molar-refractivity contribution in [2.45, 2.75) is 32.2 Å². The van der Waals surface area contributed by atoms with E-state index in [2.05, 4.69) is 20.9 Å². The number of piperidine rings is 1. The van der Waals surface area contributed by atoms with Crippen LogP contribution in [0.15, 0.2) is 60.9 Å². The molecule has 5 rings (SSSR count). The van der Waals surface area contributed by atoms with Crippen LogP contribution in [0.5, 0.6) is 11.6 Å². The summed E-state index contributed by atoms with van der Waals surface area (Å²) in [6, 6.07) is 15.9. The van der Waals surface area contributed by atoms with Crippen molar-refractivity contribution in [3.63, 3.8) is 0 Å². The van der Waals surface area contributed by atoms with Crippen molar-refractivity contribution in [1.29, 1.82) is 0 Å². The molecule has 3 heterocycles. The highest BCUT2D eigenvalue weighted by molar-refractivity contribution is 5.95.